The molecule has 0 aromatic carbocycles. The average molecular weight is 242 g/mol. The molecule has 0 aliphatic heterocycles. The first-order valence-corrected chi connectivity index (χ1v) is 5.32. The molecular formula is C11H10N6O. The van der Waals surface area contributed by atoms with Crippen molar-refractivity contribution in [1.82, 2.24) is 24.6 Å². The van der Waals surface area contributed by atoms with Gasteiger partial charge in [0.2, 0.25) is 0 Å². The monoisotopic (exact) mass is 242 g/mol. The second-order valence-corrected chi connectivity index (χ2v) is 3.88. The Morgan fingerprint density at radius 2 is 2.22 bits per heavy atom. The second-order valence-electron chi connectivity index (χ2n) is 3.88. The molecule has 0 aliphatic rings. The number of aromatic amines is 1. The number of nitrogen functional groups attached to an aromatic ring is 1. The van der Waals surface area contributed by atoms with Crippen molar-refractivity contribution in [2.24, 2.45) is 0 Å². The third-order valence-corrected chi connectivity index (χ3v) is 2.52. The van der Waals surface area contributed by atoms with Gasteiger partial charge >= 0.3 is 0 Å². The lowest BCUT2D eigenvalue weighted by molar-refractivity contribution is 0.890. The van der Waals surface area contributed by atoms with E-state index in [2.05, 4.69) is 20.1 Å². The number of aryl methyl sites for hydroxylation is 1. The van der Waals surface area contributed by atoms with Crippen molar-refractivity contribution >= 4 is 11.5 Å². The summed E-state index contributed by atoms with van der Waals surface area (Å²) in [5.74, 6) is 0.725. The molecule has 7 heteroatoms. The van der Waals surface area contributed by atoms with Crippen molar-refractivity contribution in [3.05, 3.63) is 40.4 Å². The van der Waals surface area contributed by atoms with Crippen LogP contribution >= 0.6 is 0 Å². The molecule has 90 valence electrons. The maximum atomic E-state index is 11.7. The number of anilines is 1. The van der Waals surface area contributed by atoms with Gasteiger partial charge in [-0.15, -0.1) is 0 Å². The number of nitrogens with two attached hydrogens (primary N) is 1. The van der Waals surface area contributed by atoms with Crippen LogP contribution in [0.1, 0.15) is 5.69 Å². The van der Waals surface area contributed by atoms with Crippen LogP contribution in [0.15, 0.2) is 29.2 Å². The highest BCUT2D eigenvalue weighted by Crippen LogP contribution is 2.18. The Morgan fingerprint density at radius 3 is 3.00 bits per heavy atom. The van der Waals surface area contributed by atoms with E-state index >= 15 is 0 Å². The van der Waals surface area contributed by atoms with Crippen LogP contribution in [0.4, 0.5) is 5.69 Å². The Morgan fingerprint density at radius 1 is 1.39 bits per heavy atom. The van der Waals surface area contributed by atoms with Gasteiger partial charge in [0.15, 0.2) is 5.82 Å². The summed E-state index contributed by atoms with van der Waals surface area (Å²) >= 11 is 0. The molecule has 3 N–H and O–H groups in total. The molecule has 3 rings (SSSR count). The molecule has 0 bridgehead atoms. The van der Waals surface area contributed by atoms with Gasteiger partial charge < -0.3 is 5.73 Å². The van der Waals surface area contributed by atoms with Crippen molar-refractivity contribution in [3.63, 3.8) is 0 Å². The van der Waals surface area contributed by atoms with Crippen LogP contribution in [0.5, 0.6) is 0 Å². The normalized spacial score (nSPS) is 10.9. The minimum absolute atomic E-state index is 0.217. The third kappa shape index (κ3) is 1.53. The van der Waals surface area contributed by atoms with Crippen molar-refractivity contribution < 1.29 is 0 Å². The fourth-order valence-electron chi connectivity index (χ4n) is 1.71. The van der Waals surface area contributed by atoms with E-state index in [-0.39, 0.29) is 5.56 Å². The standard InChI is InChI=1S/C11H10N6O/c1-6-5-8(18)17-11(14-6)15-10(16-17)9-7(12)3-2-4-13-9/h2-5H,12H2,1H3,(H,14,15,16). The van der Waals surface area contributed by atoms with Gasteiger partial charge in [-0.25, -0.2) is 4.98 Å². The lowest BCUT2D eigenvalue weighted by atomic mass is 10.3. The van der Waals surface area contributed by atoms with Gasteiger partial charge in [-0.3, -0.25) is 14.9 Å². The highest BCUT2D eigenvalue weighted by atomic mass is 16.1. The molecule has 0 amide bonds. The summed E-state index contributed by atoms with van der Waals surface area (Å²) in [6, 6.07) is 4.88. The van der Waals surface area contributed by atoms with E-state index in [1.807, 2.05) is 0 Å². The molecular weight excluding hydrogens is 232 g/mol. The third-order valence-electron chi connectivity index (χ3n) is 2.52. The first kappa shape index (κ1) is 10.5. The van der Waals surface area contributed by atoms with E-state index in [9.17, 15) is 4.79 Å². The molecule has 0 fully saturated rings. The molecule has 0 aliphatic carbocycles. The van der Waals surface area contributed by atoms with Crippen LogP contribution in [0.3, 0.4) is 0 Å². The molecule has 3 heterocycles. The fraction of sp³-hybridized carbons (Fsp3) is 0.0909. The van der Waals surface area contributed by atoms with Crippen molar-refractivity contribution in [2.45, 2.75) is 6.92 Å². The first-order valence-electron chi connectivity index (χ1n) is 5.32. The predicted molar refractivity (Wildman–Crippen MR) is 66.0 cm³/mol. The van der Waals surface area contributed by atoms with Gasteiger partial charge in [-0.2, -0.15) is 9.50 Å². The van der Waals surface area contributed by atoms with E-state index in [1.165, 1.54) is 10.6 Å². The number of nitrogens with one attached hydrogen (secondary N) is 1. The number of aromatic nitrogens is 5. The van der Waals surface area contributed by atoms with Crippen LogP contribution in [-0.4, -0.2) is 24.6 Å². The van der Waals surface area contributed by atoms with E-state index in [4.69, 9.17) is 5.73 Å². The summed E-state index contributed by atoms with van der Waals surface area (Å²) < 4.78 is 1.26. The smallest absolute Gasteiger partial charge is 0.274 e. The number of hydrogen-bond acceptors (Lipinski definition) is 5. The van der Waals surface area contributed by atoms with Gasteiger partial charge in [0.05, 0.1) is 5.69 Å². The van der Waals surface area contributed by atoms with Crippen molar-refractivity contribution in [1.29, 1.82) is 0 Å². The summed E-state index contributed by atoms with van der Waals surface area (Å²) in [6.07, 6.45) is 1.61. The SMILES string of the molecule is Cc1cc(=O)n2[nH]c(-c3ncccc3N)nc2n1. The molecule has 3 aromatic rings. The van der Waals surface area contributed by atoms with E-state index < -0.39 is 0 Å². The van der Waals surface area contributed by atoms with Crippen LogP contribution in [0.25, 0.3) is 17.3 Å². The highest BCUT2D eigenvalue weighted by Gasteiger charge is 2.11. The summed E-state index contributed by atoms with van der Waals surface area (Å²) in [7, 11) is 0. The van der Waals surface area contributed by atoms with Gasteiger partial charge in [0, 0.05) is 18.0 Å². The van der Waals surface area contributed by atoms with Crippen LogP contribution in [-0.2, 0) is 0 Å². The Labute approximate surface area is 101 Å². The summed E-state index contributed by atoms with van der Waals surface area (Å²) in [5, 5.41) is 2.84. The second kappa shape index (κ2) is 3.66. The number of hydrogen-bond donors (Lipinski definition) is 2. The molecule has 0 radical (unpaired) electrons. The summed E-state index contributed by atoms with van der Waals surface area (Å²) in [5.41, 5.74) is 7.20. The Bertz CT molecular complexity index is 788. The van der Waals surface area contributed by atoms with Gasteiger partial charge in [0.1, 0.15) is 5.69 Å². The first-order chi connectivity index (χ1) is 8.65. The predicted octanol–water partition coefficient (Wildman–Crippen LogP) is 0.370. The zero-order valence-corrected chi connectivity index (χ0v) is 9.58. The molecule has 0 spiro atoms. The van der Waals surface area contributed by atoms with Gasteiger partial charge in [-0.05, 0) is 19.1 Å². The highest BCUT2D eigenvalue weighted by molar-refractivity contribution is 5.67. The molecule has 7 nitrogen and oxygen atoms in total. The van der Waals surface area contributed by atoms with Gasteiger partial charge in [0.25, 0.3) is 11.3 Å². The van der Waals surface area contributed by atoms with Crippen molar-refractivity contribution in [2.75, 3.05) is 5.73 Å². The molecule has 0 unspecified atom stereocenters. The van der Waals surface area contributed by atoms with Crippen LogP contribution < -0.4 is 11.3 Å². The average Bonchev–Trinajstić information content (AvgIpc) is 2.73. The zero-order valence-electron chi connectivity index (χ0n) is 9.58. The number of pyridine rings is 1. The number of H-pyrrole nitrogens is 1. The quantitative estimate of drug-likeness (QED) is 0.641. The maximum absolute atomic E-state index is 11.7. The van der Waals surface area contributed by atoms with E-state index in [1.54, 1.807) is 25.3 Å². The number of fused-ring (bicyclic) bond motifs is 1. The lowest BCUT2D eigenvalue weighted by Gasteiger charge is -1.98. The summed E-state index contributed by atoms with van der Waals surface area (Å²) in [4.78, 5) is 24.2. The lowest BCUT2D eigenvalue weighted by Crippen LogP contribution is -2.14. The number of rotatable bonds is 1. The topological polar surface area (TPSA) is 102 Å². The minimum Gasteiger partial charge on any atom is -0.397 e. The maximum Gasteiger partial charge on any atom is 0.274 e. The van der Waals surface area contributed by atoms with Crippen molar-refractivity contribution in [3.8, 4) is 11.5 Å². The van der Waals surface area contributed by atoms with E-state index in [0.29, 0.717) is 28.7 Å². The minimum atomic E-state index is -0.217. The van der Waals surface area contributed by atoms with Crippen LogP contribution in [0, 0.1) is 6.92 Å². The fourth-order valence-corrected chi connectivity index (χ4v) is 1.71. The Kier molecular flexibility index (Phi) is 2.12. The largest absolute Gasteiger partial charge is 0.397 e. The molecule has 3 aromatic heterocycles. The van der Waals surface area contributed by atoms with E-state index in [0.717, 1.165) is 0 Å². The van der Waals surface area contributed by atoms with Gasteiger partial charge in [-0.1, -0.05) is 0 Å². The molecule has 0 saturated heterocycles. The zero-order chi connectivity index (χ0) is 12.7. The number of nitrogens with zero attached hydrogens (tertiary/aromatic N) is 4. The molecule has 0 atom stereocenters. The Balaban J connectivity index is 2.30. The molecule has 18 heavy (non-hydrogen) atoms. The molecule has 0 saturated carbocycles. The van der Waals surface area contributed by atoms with Crippen LogP contribution in [0.2, 0.25) is 0 Å². The summed E-state index contributed by atoms with van der Waals surface area (Å²) in [6.45, 7) is 1.74. The Hall–Kier alpha value is -2.70.